The van der Waals surface area contributed by atoms with E-state index >= 15 is 0 Å². The lowest BCUT2D eigenvalue weighted by molar-refractivity contribution is -0.139. The van der Waals surface area contributed by atoms with Crippen LogP contribution < -0.4 is 5.32 Å². The molecule has 1 amide bonds. The third-order valence-electron chi connectivity index (χ3n) is 2.90. The van der Waals surface area contributed by atoms with Gasteiger partial charge in [-0.05, 0) is 18.1 Å². The highest BCUT2D eigenvalue weighted by atomic mass is 16.4. The molecular weight excluding hydrogens is 236 g/mol. The minimum absolute atomic E-state index is 0.0693. The number of hydrogen-bond donors (Lipinski definition) is 2. The number of hydrogen-bond acceptors (Lipinski definition) is 4. The van der Waals surface area contributed by atoms with E-state index < -0.39 is 5.97 Å². The van der Waals surface area contributed by atoms with Crippen molar-refractivity contribution in [3.05, 3.63) is 24.2 Å². The van der Waals surface area contributed by atoms with E-state index in [2.05, 4.69) is 5.32 Å². The van der Waals surface area contributed by atoms with Gasteiger partial charge in [0.25, 0.3) is 0 Å². The maximum absolute atomic E-state index is 11.6. The third kappa shape index (κ3) is 3.59. The van der Waals surface area contributed by atoms with Crippen LogP contribution in [-0.4, -0.2) is 41.5 Å². The number of furan rings is 1. The number of aliphatic carboxylic acids is 1. The summed E-state index contributed by atoms with van der Waals surface area (Å²) in [5, 5.41) is 11.3. The Morgan fingerprint density at radius 1 is 1.50 bits per heavy atom. The molecule has 6 nitrogen and oxygen atoms in total. The summed E-state index contributed by atoms with van der Waals surface area (Å²) >= 11 is 0. The predicted octanol–water partition coefficient (Wildman–Crippen LogP) is 0.302. The second-order valence-corrected chi connectivity index (χ2v) is 4.51. The van der Waals surface area contributed by atoms with Gasteiger partial charge in [0.05, 0.1) is 25.8 Å². The molecule has 18 heavy (non-hydrogen) atoms. The molecule has 0 spiro atoms. The summed E-state index contributed by atoms with van der Waals surface area (Å²) in [6.07, 6.45) is 1.75. The summed E-state index contributed by atoms with van der Waals surface area (Å²) in [6, 6.07) is 3.57. The van der Waals surface area contributed by atoms with Crippen molar-refractivity contribution in [1.82, 2.24) is 10.2 Å². The summed E-state index contributed by atoms with van der Waals surface area (Å²) in [7, 11) is 0. The van der Waals surface area contributed by atoms with E-state index in [4.69, 9.17) is 9.52 Å². The van der Waals surface area contributed by atoms with Gasteiger partial charge in [-0.3, -0.25) is 14.5 Å². The number of nitrogens with one attached hydrogen (secondary N) is 1. The maximum atomic E-state index is 11.6. The largest absolute Gasteiger partial charge is 0.481 e. The standard InChI is InChI=1S/C12H16N2O4/c15-11(13-5-10-2-1-3-18-10)8-14-6-9(7-14)4-12(16)17/h1-3,9H,4-8H2,(H,13,15)(H,16,17). The monoisotopic (exact) mass is 252 g/mol. The lowest BCUT2D eigenvalue weighted by Crippen LogP contribution is -2.51. The zero-order chi connectivity index (χ0) is 13.0. The van der Waals surface area contributed by atoms with Crippen molar-refractivity contribution in [1.29, 1.82) is 0 Å². The number of likely N-dealkylation sites (tertiary alicyclic amines) is 1. The summed E-state index contributed by atoms with van der Waals surface area (Å²) in [5.74, 6) is 0.0539. The number of carboxylic acid groups (broad SMARTS) is 1. The van der Waals surface area contributed by atoms with Crippen LogP contribution in [0.5, 0.6) is 0 Å². The van der Waals surface area contributed by atoms with Crippen LogP contribution in [-0.2, 0) is 16.1 Å². The van der Waals surface area contributed by atoms with E-state index in [0.717, 1.165) is 5.76 Å². The molecular formula is C12H16N2O4. The number of amides is 1. The normalized spacial score (nSPS) is 16.2. The van der Waals surface area contributed by atoms with E-state index in [1.54, 1.807) is 18.4 Å². The second kappa shape index (κ2) is 5.68. The van der Waals surface area contributed by atoms with E-state index in [1.807, 2.05) is 4.90 Å². The zero-order valence-electron chi connectivity index (χ0n) is 9.96. The van der Waals surface area contributed by atoms with E-state index in [0.29, 0.717) is 26.2 Å². The van der Waals surface area contributed by atoms with Gasteiger partial charge in [0.15, 0.2) is 0 Å². The zero-order valence-corrected chi connectivity index (χ0v) is 9.96. The van der Waals surface area contributed by atoms with Gasteiger partial charge in [-0.15, -0.1) is 0 Å². The van der Waals surface area contributed by atoms with Crippen LogP contribution >= 0.6 is 0 Å². The summed E-state index contributed by atoms with van der Waals surface area (Å²) in [4.78, 5) is 24.0. The van der Waals surface area contributed by atoms with Gasteiger partial charge in [-0.1, -0.05) is 0 Å². The predicted molar refractivity (Wildman–Crippen MR) is 62.7 cm³/mol. The highest BCUT2D eigenvalue weighted by Gasteiger charge is 2.29. The van der Waals surface area contributed by atoms with Crippen molar-refractivity contribution >= 4 is 11.9 Å². The Labute approximate surface area is 105 Å². The average Bonchev–Trinajstić information content (AvgIpc) is 2.75. The molecule has 0 aromatic carbocycles. The quantitative estimate of drug-likeness (QED) is 0.761. The number of rotatable bonds is 6. The Balaban J connectivity index is 1.60. The molecule has 98 valence electrons. The van der Waals surface area contributed by atoms with E-state index in [9.17, 15) is 9.59 Å². The van der Waals surface area contributed by atoms with Gasteiger partial charge in [0.2, 0.25) is 5.91 Å². The van der Waals surface area contributed by atoms with Crippen molar-refractivity contribution < 1.29 is 19.1 Å². The Hall–Kier alpha value is -1.82. The van der Waals surface area contributed by atoms with Gasteiger partial charge in [0, 0.05) is 13.1 Å². The number of carbonyl (C=O) groups excluding carboxylic acids is 1. The van der Waals surface area contributed by atoms with Crippen LogP contribution in [0, 0.1) is 5.92 Å². The number of carbonyl (C=O) groups is 2. The van der Waals surface area contributed by atoms with Gasteiger partial charge < -0.3 is 14.8 Å². The minimum Gasteiger partial charge on any atom is -0.481 e. The molecule has 0 radical (unpaired) electrons. The first kappa shape index (κ1) is 12.6. The third-order valence-corrected chi connectivity index (χ3v) is 2.90. The van der Waals surface area contributed by atoms with E-state index in [-0.39, 0.29) is 18.2 Å². The molecule has 0 saturated carbocycles. The van der Waals surface area contributed by atoms with Crippen LogP contribution in [0.3, 0.4) is 0 Å². The van der Waals surface area contributed by atoms with Crippen molar-refractivity contribution in [2.45, 2.75) is 13.0 Å². The first-order valence-corrected chi connectivity index (χ1v) is 5.86. The molecule has 1 fully saturated rings. The molecule has 1 aliphatic rings. The minimum atomic E-state index is -0.776. The van der Waals surface area contributed by atoms with Crippen LogP contribution in [0.15, 0.2) is 22.8 Å². The Morgan fingerprint density at radius 3 is 2.89 bits per heavy atom. The molecule has 1 saturated heterocycles. The number of nitrogens with zero attached hydrogens (tertiary/aromatic N) is 1. The first-order valence-electron chi connectivity index (χ1n) is 5.86. The van der Waals surface area contributed by atoms with Crippen LogP contribution in [0.2, 0.25) is 0 Å². The first-order chi connectivity index (χ1) is 8.63. The van der Waals surface area contributed by atoms with Crippen LogP contribution in [0.25, 0.3) is 0 Å². The van der Waals surface area contributed by atoms with Crippen molar-refractivity contribution in [2.75, 3.05) is 19.6 Å². The Bertz CT molecular complexity index is 410. The van der Waals surface area contributed by atoms with Crippen molar-refractivity contribution in [3.63, 3.8) is 0 Å². The van der Waals surface area contributed by atoms with Gasteiger partial charge in [0.1, 0.15) is 5.76 Å². The van der Waals surface area contributed by atoms with Gasteiger partial charge in [-0.25, -0.2) is 0 Å². The lowest BCUT2D eigenvalue weighted by Gasteiger charge is -2.37. The Morgan fingerprint density at radius 2 is 2.28 bits per heavy atom. The summed E-state index contributed by atoms with van der Waals surface area (Å²) < 4.78 is 5.10. The average molecular weight is 252 g/mol. The van der Waals surface area contributed by atoms with Crippen LogP contribution in [0.1, 0.15) is 12.2 Å². The van der Waals surface area contributed by atoms with Gasteiger partial charge in [-0.2, -0.15) is 0 Å². The van der Waals surface area contributed by atoms with Crippen LogP contribution in [0.4, 0.5) is 0 Å². The molecule has 1 aromatic rings. The smallest absolute Gasteiger partial charge is 0.303 e. The molecule has 2 rings (SSSR count). The number of carboxylic acids is 1. The molecule has 1 aliphatic heterocycles. The Kier molecular flexibility index (Phi) is 3.99. The van der Waals surface area contributed by atoms with Crippen molar-refractivity contribution in [3.8, 4) is 0 Å². The van der Waals surface area contributed by atoms with Gasteiger partial charge >= 0.3 is 5.97 Å². The highest BCUT2D eigenvalue weighted by Crippen LogP contribution is 2.18. The summed E-state index contributed by atoms with van der Waals surface area (Å²) in [6.45, 7) is 2.07. The molecule has 1 aromatic heterocycles. The topological polar surface area (TPSA) is 82.8 Å². The molecule has 0 atom stereocenters. The fourth-order valence-corrected chi connectivity index (χ4v) is 2.04. The van der Waals surface area contributed by atoms with Crippen molar-refractivity contribution in [2.24, 2.45) is 5.92 Å². The molecule has 0 bridgehead atoms. The maximum Gasteiger partial charge on any atom is 0.303 e. The lowest BCUT2D eigenvalue weighted by atomic mass is 9.96. The molecule has 0 unspecified atom stereocenters. The highest BCUT2D eigenvalue weighted by molar-refractivity contribution is 5.78. The molecule has 2 heterocycles. The fourth-order valence-electron chi connectivity index (χ4n) is 2.04. The van der Waals surface area contributed by atoms with E-state index in [1.165, 1.54) is 0 Å². The molecule has 2 N–H and O–H groups in total. The second-order valence-electron chi connectivity index (χ2n) is 4.51. The fraction of sp³-hybridized carbons (Fsp3) is 0.500. The summed E-state index contributed by atoms with van der Waals surface area (Å²) in [5.41, 5.74) is 0. The molecule has 0 aliphatic carbocycles. The molecule has 6 heteroatoms. The SMILES string of the molecule is O=C(O)CC1CN(CC(=O)NCc2ccco2)C1.